The fraction of sp³-hybridized carbons (Fsp3) is 0.167. The van der Waals surface area contributed by atoms with E-state index in [0.717, 1.165) is 22.7 Å². The van der Waals surface area contributed by atoms with E-state index in [1.807, 2.05) is 12.3 Å². The van der Waals surface area contributed by atoms with Gasteiger partial charge in [-0.15, -0.1) is 34.0 Å². The van der Waals surface area contributed by atoms with Gasteiger partial charge in [-0.2, -0.15) is 0 Å². The number of benzene rings is 4. The minimum Gasteiger partial charge on any atom is -0.304 e. The second-order valence-corrected chi connectivity index (χ2v) is 9.34. The van der Waals surface area contributed by atoms with Crippen LogP contribution in [-0.4, -0.2) is 4.98 Å². The van der Waals surface area contributed by atoms with E-state index >= 15 is 0 Å². The Morgan fingerprint density at radius 3 is 2.09 bits per heavy atom. The summed E-state index contributed by atoms with van der Waals surface area (Å²) in [4.78, 5) is 4.73. The van der Waals surface area contributed by atoms with Crippen LogP contribution in [0.1, 0.15) is 42.5 Å². The second kappa shape index (κ2) is 7.66. The number of pyridine rings is 1. The van der Waals surface area contributed by atoms with Gasteiger partial charge in [-0.1, -0.05) is 92.7 Å². The summed E-state index contributed by atoms with van der Waals surface area (Å²) in [5.41, 5.74) is 6.35. The van der Waals surface area contributed by atoms with Crippen LogP contribution < -0.4 is 0 Å². The third kappa shape index (κ3) is 2.90. The van der Waals surface area contributed by atoms with Crippen LogP contribution in [0.15, 0.2) is 97.2 Å². The normalized spacial score (nSPS) is 15.9. The molecule has 1 aliphatic carbocycles. The molecule has 0 spiro atoms. The van der Waals surface area contributed by atoms with Gasteiger partial charge in [0.2, 0.25) is 0 Å². The van der Waals surface area contributed by atoms with E-state index in [9.17, 15) is 0 Å². The summed E-state index contributed by atoms with van der Waals surface area (Å²) in [6.07, 6.45) is 2.91. The summed E-state index contributed by atoms with van der Waals surface area (Å²) in [7, 11) is 0. The summed E-state index contributed by atoms with van der Waals surface area (Å²) in [5.74, 6) is 0. The van der Waals surface area contributed by atoms with Crippen molar-refractivity contribution >= 4 is 21.7 Å². The van der Waals surface area contributed by atoms with Crippen molar-refractivity contribution in [2.75, 3.05) is 0 Å². The molecular weight excluding hydrogens is 567 g/mol. The van der Waals surface area contributed by atoms with E-state index < -0.39 is 0 Å². The minimum absolute atomic E-state index is 0. The van der Waals surface area contributed by atoms with Gasteiger partial charge in [0.25, 0.3) is 0 Å². The van der Waals surface area contributed by atoms with Gasteiger partial charge < -0.3 is 4.98 Å². The van der Waals surface area contributed by atoms with Gasteiger partial charge in [0.15, 0.2) is 0 Å². The van der Waals surface area contributed by atoms with Crippen molar-refractivity contribution in [3.63, 3.8) is 0 Å². The zero-order valence-corrected chi connectivity index (χ0v) is 20.6. The van der Waals surface area contributed by atoms with Gasteiger partial charge in [0, 0.05) is 31.7 Å². The Labute approximate surface area is 202 Å². The molecule has 0 amide bonds. The Hall–Kier alpha value is -2.80. The molecule has 0 saturated carbocycles. The first-order chi connectivity index (χ1) is 15.1. The van der Waals surface area contributed by atoms with Gasteiger partial charge in [0.05, 0.1) is 0 Å². The third-order valence-electron chi connectivity index (χ3n) is 7.07. The summed E-state index contributed by atoms with van der Waals surface area (Å²) in [6.45, 7) is 4.75. The second-order valence-electron chi connectivity index (χ2n) is 9.34. The van der Waals surface area contributed by atoms with Crippen LogP contribution in [0.4, 0.5) is 0 Å². The van der Waals surface area contributed by atoms with Crippen molar-refractivity contribution in [3.05, 3.63) is 126 Å². The molecule has 2 heteroatoms. The predicted molar refractivity (Wildman–Crippen MR) is 128 cm³/mol. The van der Waals surface area contributed by atoms with Crippen LogP contribution in [0.3, 0.4) is 0 Å². The van der Waals surface area contributed by atoms with Gasteiger partial charge >= 0.3 is 0 Å². The molecule has 5 aromatic rings. The number of fused-ring (bicyclic) bond motifs is 5. The first-order valence-electron chi connectivity index (χ1n) is 11.0. The Morgan fingerprint density at radius 2 is 1.44 bits per heavy atom. The average molecular weight is 591 g/mol. The molecule has 4 aromatic carbocycles. The summed E-state index contributed by atoms with van der Waals surface area (Å²) >= 11 is 0. The van der Waals surface area contributed by atoms with Crippen molar-refractivity contribution < 1.29 is 20.1 Å². The topological polar surface area (TPSA) is 12.9 Å². The predicted octanol–water partition coefficient (Wildman–Crippen LogP) is 7.20. The number of hydrogen-bond acceptors (Lipinski definition) is 1. The molecule has 0 N–H and O–H groups in total. The molecule has 0 saturated heterocycles. The molecule has 0 fully saturated rings. The standard InChI is InChI=1S/C30H24N.Ir/c1-29(2)20-30(22-11-5-3-6-12-22,23-13-7-4-8-14-23)27-24-16-15-21-10-9-19-31-28(21)25(24)17-18-26(27)29;/h3-16,18-19H,20H2,1-2H3;/q-1;. The first kappa shape index (κ1) is 21.1. The molecular formula is C30H24IrN-. The van der Waals surface area contributed by atoms with Crippen LogP contribution in [-0.2, 0) is 30.9 Å². The zero-order chi connectivity index (χ0) is 21.1. The van der Waals surface area contributed by atoms with E-state index in [1.54, 1.807) is 0 Å². The fourth-order valence-electron chi connectivity index (χ4n) is 5.81. The molecule has 0 aliphatic heterocycles. The summed E-state index contributed by atoms with van der Waals surface area (Å²) < 4.78 is 0. The SMILES string of the molecule is CC1(C)CC(c2ccccc2)(c2ccccc2)c2c1c[c-]c1c2ccc2cccnc21.[Ir]. The van der Waals surface area contributed by atoms with E-state index in [1.165, 1.54) is 27.6 Å². The molecule has 32 heavy (non-hydrogen) atoms. The largest absolute Gasteiger partial charge is 0.304 e. The number of hydrogen-bond donors (Lipinski definition) is 0. The Bertz CT molecular complexity index is 1380. The van der Waals surface area contributed by atoms with Crippen molar-refractivity contribution in [2.24, 2.45) is 0 Å². The Morgan fingerprint density at radius 1 is 0.781 bits per heavy atom. The Balaban J connectivity index is 0.00000216. The molecule has 6 rings (SSSR count). The maximum absolute atomic E-state index is 4.73. The molecule has 1 aromatic heterocycles. The van der Waals surface area contributed by atoms with Gasteiger partial charge in [-0.05, 0) is 39.9 Å². The maximum Gasteiger partial charge on any atom is 0.0293 e. The minimum atomic E-state index is -0.211. The molecule has 1 radical (unpaired) electrons. The van der Waals surface area contributed by atoms with E-state index in [-0.39, 0.29) is 30.9 Å². The van der Waals surface area contributed by atoms with Crippen LogP contribution in [0.2, 0.25) is 0 Å². The number of rotatable bonds is 2. The molecule has 0 unspecified atom stereocenters. The number of nitrogens with zero attached hydrogens (tertiary/aromatic N) is 1. The molecule has 1 nitrogen and oxygen atoms in total. The van der Waals surface area contributed by atoms with Gasteiger partial charge in [-0.25, -0.2) is 0 Å². The summed E-state index contributed by atoms with van der Waals surface area (Å²) in [5, 5.41) is 3.54. The molecule has 159 valence electrons. The average Bonchev–Trinajstić information content (AvgIpc) is 3.08. The van der Waals surface area contributed by atoms with Crippen LogP contribution in [0, 0.1) is 6.07 Å². The van der Waals surface area contributed by atoms with Crippen LogP contribution in [0.25, 0.3) is 21.7 Å². The van der Waals surface area contributed by atoms with Crippen molar-refractivity contribution in [3.8, 4) is 0 Å². The van der Waals surface area contributed by atoms with E-state index in [4.69, 9.17) is 4.98 Å². The smallest absolute Gasteiger partial charge is 0.0293 e. The van der Waals surface area contributed by atoms with Crippen molar-refractivity contribution in [2.45, 2.75) is 31.1 Å². The van der Waals surface area contributed by atoms with Crippen LogP contribution >= 0.6 is 0 Å². The third-order valence-corrected chi connectivity index (χ3v) is 7.07. The maximum atomic E-state index is 4.73. The zero-order valence-electron chi connectivity index (χ0n) is 18.2. The van der Waals surface area contributed by atoms with Crippen molar-refractivity contribution in [1.29, 1.82) is 0 Å². The molecule has 0 atom stereocenters. The first-order valence-corrected chi connectivity index (χ1v) is 11.0. The van der Waals surface area contributed by atoms with Gasteiger partial charge in [0.1, 0.15) is 0 Å². The van der Waals surface area contributed by atoms with E-state index in [2.05, 4.69) is 105 Å². The Kier molecular flexibility index (Phi) is 5.04. The quantitative estimate of drug-likeness (QED) is 0.157. The van der Waals surface area contributed by atoms with Crippen LogP contribution in [0.5, 0.6) is 0 Å². The molecule has 1 heterocycles. The molecule has 0 bridgehead atoms. The number of aromatic nitrogens is 1. The molecule has 1 aliphatic rings. The van der Waals surface area contributed by atoms with Gasteiger partial charge in [-0.3, -0.25) is 0 Å². The monoisotopic (exact) mass is 591 g/mol. The van der Waals surface area contributed by atoms with Crippen molar-refractivity contribution in [1.82, 2.24) is 4.98 Å². The fourth-order valence-corrected chi connectivity index (χ4v) is 5.81. The van der Waals surface area contributed by atoms with E-state index in [0.29, 0.717) is 0 Å². The summed E-state index contributed by atoms with van der Waals surface area (Å²) in [6, 6.07) is 36.5.